The van der Waals surface area contributed by atoms with Crippen LogP contribution in [-0.4, -0.2) is 49.3 Å². The first kappa shape index (κ1) is 80.6. The zero-order valence-corrected chi connectivity index (χ0v) is 54.9. The molecule has 0 fully saturated rings. The van der Waals surface area contributed by atoms with Crippen LogP contribution in [0.2, 0.25) is 0 Å². The smallest absolute Gasteiger partial charge is 0.462 e. The number of rotatable bonds is 62. The molecule has 2 atom stereocenters. The number of phosphoric acid groups is 1. The molecule has 0 aliphatic carbocycles. The lowest BCUT2D eigenvalue weighted by molar-refractivity contribution is -0.161. The van der Waals surface area contributed by atoms with Crippen LogP contribution < -0.4 is 5.73 Å². The van der Waals surface area contributed by atoms with Crippen molar-refractivity contribution in [3.63, 3.8) is 0 Å². The Morgan fingerprint density at radius 3 is 0.965 bits per heavy atom. The van der Waals surface area contributed by atoms with Gasteiger partial charge in [0, 0.05) is 19.4 Å². The van der Waals surface area contributed by atoms with Crippen LogP contribution in [0.4, 0.5) is 0 Å². The minimum Gasteiger partial charge on any atom is -0.462 e. The Balaban J connectivity index is 3.98. The second-order valence-corrected chi connectivity index (χ2v) is 23.4. The Hall–Kier alpha value is -4.37. The van der Waals surface area contributed by atoms with E-state index in [1.165, 1.54) is 103 Å². The predicted molar refractivity (Wildman–Crippen MR) is 366 cm³/mol. The van der Waals surface area contributed by atoms with E-state index < -0.39 is 32.5 Å². The normalized spacial score (nSPS) is 14.0. The molecule has 3 N–H and O–H groups in total. The average Bonchev–Trinajstić information content (AvgIpc) is 3.52. The van der Waals surface area contributed by atoms with Gasteiger partial charge in [-0.05, 0) is 128 Å². The molecule has 0 aliphatic heterocycles. The molecule has 0 spiro atoms. The highest BCUT2D eigenvalue weighted by molar-refractivity contribution is 7.47. The molecular weight excluding hydrogens is 1070 g/mol. The summed E-state index contributed by atoms with van der Waals surface area (Å²) >= 11 is 0. The molecule has 2 unspecified atom stereocenters. The second kappa shape index (κ2) is 68.7. The van der Waals surface area contributed by atoms with E-state index in [1.54, 1.807) is 0 Å². The zero-order valence-electron chi connectivity index (χ0n) is 54.0. The third-order valence-corrected chi connectivity index (χ3v) is 14.9. The van der Waals surface area contributed by atoms with Crippen LogP contribution in [0, 0.1) is 0 Å². The van der Waals surface area contributed by atoms with Crippen molar-refractivity contribution in [3.05, 3.63) is 158 Å². The fourth-order valence-corrected chi connectivity index (χ4v) is 9.67. The van der Waals surface area contributed by atoms with Crippen molar-refractivity contribution in [1.29, 1.82) is 0 Å². The maximum atomic E-state index is 12.8. The molecule has 482 valence electrons. The lowest BCUT2D eigenvalue weighted by Gasteiger charge is -2.19. The first-order valence-corrected chi connectivity index (χ1v) is 35.5. The minimum absolute atomic E-state index is 0.0444. The quantitative estimate of drug-likeness (QED) is 0.0264. The number of carbonyl (C=O) groups excluding carboxylic acids is 2. The number of hydrogen-bond donors (Lipinski definition) is 2. The molecule has 0 saturated carbocycles. The third-order valence-electron chi connectivity index (χ3n) is 13.9. The highest BCUT2D eigenvalue weighted by atomic mass is 31.2. The molecule has 0 heterocycles. The summed E-state index contributed by atoms with van der Waals surface area (Å²) in [5, 5.41) is 0. The van der Waals surface area contributed by atoms with Gasteiger partial charge in [-0.1, -0.05) is 287 Å². The monoisotopic (exact) mass is 1200 g/mol. The molecule has 0 amide bonds. The van der Waals surface area contributed by atoms with E-state index >= 15 is 0 Å². The highest BCUT2D eigenvalue weighted by Crippen LogP contribution is 2.43. The van der Waals surface area contributed by atoms with Crippen LogP contribution in [-0.2, 0) is 32.7 Å². The number of ether oxygens (including phenoxy) is 2. The molecule has 85 heavy (non-hydrogen) atoms. The molecule has 0 aromatic rings. The molecule has 0 rings (SSSR count). The molecule has 0 aliphatic rings. The SMILES string of the molecule is CC/C=C\C/C=C\C/C=C\C/C=C\C/C=C\C/C=C\C/C=C\C/C=C\C/C=C\C/C=C\CCCCCCCCCCCCC(=O)OC(COC(=O)CCCCCCCCCC/C=C\C/C=C\C/C=C\CCCCCCC)COP(=O)(O)OCCN. The van der Waals surface area contributed by atoms with Crippen LogP contribution in [0.15, 0.2) is 158 Å². The summed E-state index contributed by atoms with van der Waals surface area (Å²) in [4.78, 5) is 35.3. The Bertz CT molecular complexity index is 1950. The molecular formula is C75H124NO8P. The van der Waals surface area contributed by atoms with Gasteiger partial charge in [-0.15, -0.1) is 0 Å². The number of nitrogens with two attached hydrogens (primary N) is 1. The van der Waals surface area contributed by atoms with Gasteiger partial charge in [0.05, 0.1) is 13.2 Å². The van der Waals surface area contributed by atoms with Gasteiger partial charge in [-0.3, -0.25) is 18.6 Å². The Morgan fingerprint density at radius 2 is 0.647 bits per heavy atom. The van der Waals surface area contributed by atoms with E-state index in [1.807, 2.05) is 0 Å². The minimum atomic E-state index is -4.41. The number of esters is 2. The average molecular weight is 1200 g/mol. The van der Waals surface area contributed by atoms with E-state index in [4.69, 9.17) is 24.3 Å². The first-order valence-electron chi connectivity index (χ1n) is 34.0. The summed E-state index contributed by atoms with van der Waals surface area (Å²) in [5.74, 6) is -0.846. The number of unbranched alkanes of at least 4 members (excludes halogenated alkanes) is 23. The summed E-state index contributed by atoms with van der Waals surface area (Å²) in [5.41, 5.74) is 5.39. The highest BCUT2D eigenvalue weighted by Gasteiger charge is 2.26. The third kappa shape index (κ3) is 68.6. The molecule has 0 radical (unpaired) electrons. The van der Waals surface area contributed by atoms with Crippen molar-refractivity contribution in [2.45, 2.75) is 277 Å². The maximum absolute atomic E-state index is 12.8. The van der Waals surface area contributed by atoms with Gasteiger partial charge in [0.2, 0.25) is 0 Å². The molecule has 0 aromatic carbocycles. The van der Waals surface area contributed by atoms with Gasteiger partial charge in [0.1, 0.15) is 6.61 Å². The summed E-state index contributed by atoms with van der Waals surface area (Å²) in [6, 6.07) is 0. The predicted octanol–water partition coefficient (Wildman–Crippen LogP) is 22.4. The largest absolute Gasteiger partial charge is 0.472 e. The van der Waals surface area contributed by atoms with Crippen LogP contribution in [0.3, 0.4) is 0 Å². The van der Waals surface area contributed by atoms with E-state index in [0.29, 0.717) is 6.42 Å². The standard InChI is InChI=1S/C75H124NO8P/c1-3-5-7-9-11-13-15-17-19-21-23-25-27-28-29-30-31-32-33-34-35-36-37-38-39-40-41-42-43-44-46-48-50-52-54-56-58-60-62-64-66-68-75(78)84-73(72-83-85(79,80)82-70-69-76)71-81-74(77)67-65-63-61-59-57-55-53-51-49-47-45-26-24-22-20-18-16-14-12-10-8-6-4-2/h5,7,11,13,16-19,22-25,28-29,31-32,34-35,37-38,40-41,43-45,47,73H,3-4,6,8-10,12,14-15,20-21,26-27,30,33,36,39,42,46,48-72,76H2,1-2H3,(H,79,80)/b7-5-,13-11-,18-16-,19-17-,24-22-,25-23-,29-28-,32-31-,35-34-,38-37-,41-40-,44-43-,47-45-. The summed E-state index contributed by atoms with van der Waals surface area (Å²) in [7, 11) is -4.41. The lowest BCUT2D eigenvalue weighted by Crippen LogP contribution is -2.29. The van der Waals surface area contributed by atoms with Crippen molar-refractivity contribution in [2.24, 2.45) is 5.73 Å². The molecule has 0 aromatic heterocycles. The van der Waals surface area contributed by atoms with E-state index in [0.717, 1.165) is 135 Å². The second-order valence-electron chi connectivity index (χ2n) is 22.0. The van der Waals surface area contributed by atoms with Crippen LogP contribution >= 0.6 is 7.82 Å². The van der Waals surface area contributed by atoms with Gasteiger partial charge in [-0.2, -0.15) is 0 Å². The summed E-state index contributed by atoms with van der Waals surface area (Å²) in [6.45, 7) is 3.60. The summed E-state index contributed by atoms with van der Waals surface area (Å²) in [6.07, 6.45) is 100. The number of phosphoric ester groups is 1. The molecule has 0 saturated heterocycles. The Kier molecular flexibility index (Phi) is 65.2. The van der Waals surface area contributed by atoms with Crippen LogP contribution in [0.1, 0.15) is 271 Å². The molecule has 9 nitrogen and oxygen atoms in total. The lowest BCUT2D eigenvalue weighted by atomic mass is 10.0. The van der Waals surface area contributed by atoms with E-state index in [9.17, 15) is 19.0 Å². The number of carbonyl (C=O) groups is 2. The van der Waals surface area contributed by atoms with E-state index in [-0.39, 0.29) is 32.6 Å². The van der Waals surface area contributed by atoms with Crippen LogP contribution in [0.25, 0.3) is 0 Å². The van der Waals surface area contributed by atoms with Crippen molar-refractivity contribution < 1.29 is 37.6 Å². The summed E-state index contributed by atoms with van der Waals surface area (Å²) < 4.78 is 33.1. The van der Waals surface area contributed by atoms with Crippen molar-refractivity contribution in [3.8, 4) is 0 Å². The first-order chi connectivity index (χ1) is 41.8. The number of allylic oxidation sites excluding steroid dienone is 26. The van der Waals surface area contributed by atoms with Crippen LogP contribution in [0.5, 0.6) is 0 Å². The fraction of sp³-hybridized carbons (Fsp3) is 0.627. The van der Waals surface area contributed by atoms with E-state index in [2.05, 4.69) is 172 Å². The van der Waals surface area contributed by atoms with Gasteiger partial charge in [-0.25, -0.2) is 4.57 Å². The van der Waals surface area contributed by atoms with Crippen molar-refractivity contribution in [1.82, 2.24) is 0 Å². The number of hydrogen-bond acceptors (Lipinski definition) is 8. The van der Waals surface area contributed by atoms with Gasteiger partial charge in [0.15, 0.2) is 6.10 Å². The Labute approximate surface area is 521 Å². The van der Waals surface area contributed by atoms with Gasteiger partial charge >= 0.3 is 19.8 Å². The molecule has 10 heteroatoms. The van der Waals surface area contributed by atoms with Gasteiger partial charge < -0.3 is 20.1 Å². The van der Waals surface area contributed by atoms with Gasteiger partial charge in [0.25, 0.3) is 0 Å². The van der Waals surface area contributed by atoms with Crippen molar-refractivity contribution >= 4 is 19.8 Å². The van der Waals surface area contributed by atoms with Crippen molar-refractivity contribution in [2.75, 3.05) is 26.4 Å². The zero-order chi connectivity index (χ0) is 61.6. The topological polar surface area (TPSA) is 134 Å². The molecule has 0 bridgehead atoms. The Morgan fingerprint density at radius 1 is 0.365 bits per heavy atom. The fourth-order valence-electron chi connectivity index (χ4n) is 8.91. The maximum Gasteiger partial charge on any atom is 0.472 e.